The summed E-state index contributed by atoms with van der Waals surface area (Å²) in [5.74, 6) is -1.48. The third kappa shape index (κ3) is 5.23. The molecule has 1 aliphatic rings. The van der Waals surface area contributed by atoms with Crippen molar-refractivity contribution in [3.8, 4) is 5.75 Å². The van der Waals surface area contributed by atoms with Crippen LogP contribution in [0.15, 0.2) is 72.3 Å². The quantitative estimate of drug-likeness (QED) is 0.253. The molecule has 0 bridgehead atoms. The van der Waals surface area contributed by atoms with E-state index in [1.165, 1.54) is 18.2 Å². The lowest BCUT2D eigenvalue weighted by atomic mass is 10.1. The first-order valence-corrected chi connectivity index (χ1v) is 11.1. The van der Waals surface area contributed by atoms with Crippen molar-refractivity contribution in [2.45, 2.75) is 6.61 Å². The monoisotopic (exact) mass is 576 g/mol. The molecule has 9 heteroatoms. The van der Waals surface area contributed by atoms with Gasteiger partial charge in [0.2, 0.25) is 0 Å². The number of amides is 4. The molecule has 33 heavy (non-hydrogen) atoms. The molecular formula is C24H15ClFIN2O4. The van der Waals surface area contributed by atoms with Gasteiger partial charge in [0.1, 0.15) is 23.7 Å². The minimum absolute atomic E-state index is 0.151. The Bertz CT molecular complexity index is 1280. The number of hydrogen-bond donors (Lipinski definition) is 1. The molecule has 3 aromatic rings. The van der Waals surface area contributed by atoms with Gasteiger partial charge in [0.25, 0.3) is 11.8 Å². The predicted octanol–water partition coefficient (Wildman–Crippen LogP) is 5.33. The standard InChI is InChI=1S/C24H15ClFIN2O4/c25-16-4-1-14(2-5-16)13-33-21-10-3-15(12-20(21)27)11-19-22(30)28-24(32)29(23(19)31)18-8-6-17(26)7-9-18/h1-12H,13H2,(H,28,30,32)/b19-11+. The van der Waals surface area contributed by atoms with E-state index in [-0.39, 0.29) is 11.3 Å². The zero-order valence-corrected chi connectivity index (χ0v) is 19.8. The van der Waals surface area contributed by atoms with Gasteiger partial charge in [0, 0.05) is 5.02 Å². The second-order valence-corrected chi connectivity index (χ2v) is 8.64. The fourth-order valence-corrected chi connectivity index (χ4v) is 3.94. The molecule has 0 radical (unpaired) electrons. The molecule has 4 rings (SSSR count). The molecule has 0 spiro atoms. The van der Waals surface area contributed by atoms with Crippen molar-refractivity contribution < 1.29 is 23.5 Å². The van der Waals surface area contributed by atoms with Crippen LogP contribution in [0.3, 0.4) is 0 Å². The molecule has 6 nitrogen and oxygen atoms in total. The summed E-state index contributed by atoms with van der Waals surface area (Å²) in [6, 6.07) is 16.4. The van der Waals surface area contributed by atoms with Crippen molar-refractivity contribution in [3.63, 3.8) is 0 Å². The van der Waals surface area contributed by atoms with E-state index >= 15 is 0 Å². The molecule has 1 N–H and O–H groups in total. The summed E-state index contributed by atoms with van der Waals surface area (Å²) in [6.07, 6.45) is 1.39. The summed E-state index contributed by atoms with van der Waals surface area (Å²) in [5, 5.41) is 2.79. The molecule has 1 heterocycles. The fraction of sp³-hybridized carbons (Fsp3) is 0.0417. The maximum absolute atomic E-state index is 13.2. The Kier molecular flexibility index (Phi) is 6.75. The van der Waals surface area contributed by atoms with Crippen LogP contribution in [-0.2, 0) is 16.2 Å². The van der Waals surface area contributed by atoms with Gasteiger partial charge in [-0.1, -0.05) is 29.8 Å². The Balaban J connectivity index is 1.55. The normalized spacial score (nSPS) is 15.1. The number of halogens is 3. The molecule has 1 fully saturated rings. The number of urea groups is 1. The Labute approximate surface area is 207 Å². The average Bonchev–Trinajstić information content (AvgIpc) is 2.78. The van der Waals surface area contributed by atoms with Crippen LogP contribution in [0, 0.1) is 9.39 Å². The number of anilines is 1. The second-order valence-electron chi connectivity index (χ2n) is 7.04. The fourth-order valence-electron chi connectivity index (χ4n) is 3.11. The van der Waals surface area contributed by atoms with Gasteiger partial charge < -0.3 is 4.74 Å². The number of rotatable bonds is 5. The topological polar surface area (TPSA) is 75.7 Å². The van der Waals surface area contributed by atoms with E-state index in [9.17, 15) is 18.8 Å². The molecule has 0 aliphatic carbocycles. The summed E-state index contributed by atoms with van der Waals surface area (Å²) < 4.78 is 19.8. The lowest BCUT2D eigenvalue weighted by molar-refractivity contribution is -0.122. The molecule has 4 amide bonds. The van der Waals surface area contributed by atoms with Crippen LogP contribution in [0.1, 0.15) is 11.1 Å². The van der Waals surface area contributed by atoms with Crippen LogP contribution in [0.25, 0.3) is 6.08 Å². The van der Waals surface area contributed by atoms with E-state index in [2.05, 4.69) is 27.9 Å². The molecule has 1 aliphatic heterocycles. The predicted molar refractivity (Wildman–Crippen MR) is 130 cm³/mol. The Morgan fingerprint density at radius 2 is 1.70 bits per heavy atom. The Morgan fingerprint density at radius 1 is 1.00 bits per heavy atom. The summed E-state index contributed by atoms with van der Waals surface area (Å²) >= 11 is 7.99. The molecule has 0 unspecified atom stereocenters. The summed E-state index contributed by atoms with van der Waals surface area (Å²) in [7, 11) is 0. The van der Waals surface area contributed by atoms with Crippen LogP contribution >= 0.6 is 34.2 Å². The smallest absolute Gasteiger partial charge is 0.335 e. The van der Waals surface area contributed by atoms with Crippen molar-refractivity contribution in [1.29, 1.82) is 0 Å². The third-order valence-electron chi connectivity index (χ3n) is 4.76. The maximum atomic E-state index is 13.2. The van der Waals surface area contributed by atoms with Crippen molar-refractivity contribution in [1.82, 2.24) is 5.32 Å². The summed E-state index contributed by atoms with van der Waals surface area (Å²) in [6.45, 7) is 0.350. The van der Waals surface area contributed by atoms with E-state index < -0.39 is 23.7 Å². The highest BCUT2D eigenvalue weighted by Crippen LogP contribution is 2.26. The lowest BCUT2D eigenvalue weighted by Crippen LogP contribution is -2.54. The van der Waals surface area contributed by atoms with Crippen molar-refractivity contribution in [2.24, 2.45) is 0 Å². The minimum atomic E-state index is -0.894. The van der Waals surface area contributed by atoms with E-state index in [1.54, 1.807) is 30.3 Å². The molecule has 0 atom stereocenters. The highest BCUT2D eigenvalue weighted by atomic mass is 127. The van der Waals surface area contributed by atoms with Crippen LogP contribution in [0.4, 0.5) is 14.9 Å². The number of imide groups is 2. The molecule has 166 valence electrons. The SMILES string of the molecule is O=C1NC(=O)N(c2ccc(F)cc2)C(=O)/C1=C/c1ccc(OCc2ccc(Cl)cc2)c(I)c1. The van der Waals surface area contributed by atoms with Gasteiger partial charge in [-0.3, -0.25) is 14.9 Å². The number of nitrogens with one attached hydrogen (secondary N) is 1. The maximum Gasteiger partial charge on any atom is 0.335 e. The lowest BCUT2D eigenvalue weighted by Gasteiger charge is -2.26. The van der Waals surface area contributed by atoms with Gasteiger partial charge >= 0.3 is 6.03 Å². The molecule has 3 aromatic carbocycles. The molecular weight excluding hydrogens is 562 g/mol. The number of ether oxygens (including phenoxy) is 1. The minimum Gasteiger partial charge on any atom is -0.488 e. The largest absolute Gasteiger partial charge is 0.488 e. The van der Waals surface area contributed by atoms with E-state index in [0.29, 0.717) is 22.9 Å². The Morgan fingerprint density at radius 3 is 2.36 bits per heavy atom. The van der Waals surface area contributed by atoms with Gasteiger partial charge in [0.15, 0.2) is 0 Å². The number of carbonyl (C=O) groups is 3. The first kappa shape index (κ1) is 22.9. The van der Waals surface area contributed by atoms with E-state index in [4.69, 9.17) is 16.3 Å². The zero-order chi connectivity index (χ0) is 23.5. The van der Waals surface area contributed by atoms with E-state index in [1.807, 2.05) is 12.1 Å². The molecule has 0 saturated carbocycles. The van der Waals surface area contributed by atoms with Crippen LogP contribution < -0.4 is 15.0 Å². The van der Waals surface area contributed by atoms with Gasteiger partial charge in [-0.2, -0.15) is 0 Å². The van der Waals surface area contributed by atoms with Crippen molar-refractivity contribution >= 4 is 63.8 Å². The molecule has 0 aromatic heterocycles. The first-order valence-electron chi connectivity index (χ1n) is 9.65. The number of nitrogens with zero attached hydrogens (tertiary/aromatic N) is 1. The number of hydrogen-bond acceptors (Lipinski definition) is 4. The van der Waals surface area contributed by atoms with E-state index in [0.717, 1.165) is 26.2 Å². The Hall–Kier alpha value is -3.24. The summed E-state index contributed by atoms with van der Waals surface area (Å²) in [5.41, 5.74) is 1.46. The summed E-state index contributed by atoms with van der Waals surface area (Å²) in [4.78, 5) is 38.3. The number of carbonyl (C=O) groups excluding carboxylic acids is 3. The highest BCUT2D eigenvalue weighted by molar-refractivity contribution is 14.1. The van der Waals surface area contributed by atoms with Crippen molar-refractivity contribution in [2.75, 3.05) is 4.90 Å². The number of benzene rings is 3. The van der Waals surface area contributed by atoms with Gasteiger partial charge in [-0.25, -0.2) is 14.1 Å². The molecule has 1 saturated heterocycles. The third-order valence-corrected chi connectivity index (χ3v) is 5.86. The van der Waals surface area contributed by atoms with Crippen LogP contribution in [0.5, 0.6) is 5.75 Å². The average molecular weight is 577 g/mol. The van der Waals surface area contributed by atoms with Gasteiger partial charge in [-0.05, 0) is 88.3 Å². The number of barbiturate groups is 1. The zero-order valence-electron chi connectivity index (χ0n) is 16.8. The van der Waals surface area contributed by atoms with Crippen LogP contribution in [-0.4, -0.2) is 17.8 Å². The second kappa shape index (κ2) is 9.72. The highest BCUT2D eigenvalue weighted by Gasteiger charge is 2.36. The van der Waals surface area contributed by atoms with Crippen molar-refractivity contribution in [3.05, 3.63) is 97.8 Å². The van der Waals surface area contributed by atoms with Gasteiger partial charge in [0.05, 0.1) is 9.26 Å². The first-order chi connectivity index (χ1) is 15.8. The van der Waals surface area contributed by atoms with Crippen LogP contribution in [0.2, 0.25) is 5.02 Å². The van der Waals surface area contributed by atoms with Gasteiger partial charge in [-0.15, -0.1) is 0 Å².